The number of aliphatic hydroxyl groups excluding tert-OH is 1. The second-order valence-corrected chi connectivity index (χ2v) is 4.73. The molecule has 3 nitrogen and oxygen atoms in total. The van der Waals surface area contributed by atoms with Crippen LogP contribution in [0.4, 0.5) is 0 Å². The van der Waals surface area contributed by atoms with Gasteiger partial charge in [0.05, 0.1) is 17.5 Å². The van der Waals surface area contributed by atoms with Crippen molar-refractivity contribution in [3.63, 3.8) is 0 Å². The molecule has 0 spiro atoms. The van der Waals surface area contributed by atoms with Crippen LogP contribution in [0.2, 0.25) is 0 Å². The Bertz CT molecular complexity index is 337. The molecule has 0 bridgehead atoms. The van der Waals surface area contributed by atoms with Gasteiger partial charge in [0.2, 0.25) is 0 Å². The Morgan fingerprint density at radius 1 is 1.25 bits per heavy atom. The lowest BCUT2D eigenvalue weighted by molar-refractivity contribution is 0.157. The highest BCUT2D eigenvalue weighted by Gasteiger charge is 2.14. The smallest absolute Gasteiger partial charge is 0.0809 e. The molecule has 0 radical (unpaired) electrons. The minimum absolute atomic E-state index is 0.397. The minimum Gasteiger partial charge on any atom is -0.388 e. The summed E-state index contributed by atoms with van der Waals surface area (Å²) < 4.78 is 0. The average molecular weight is 222 g/mol. The summed E-state index contributed by atoms with van der Waals surface area (Å²) in [5.41, 5.74) is 2.74. The molecule has 0 aliphatic rings. The molecular weight excluding hydrogens is 200 g/mol. The molecule has 1 aromatic heterocycles. The molecule has 0 aromatic carbocycles. The highest BCUT2D eigenvalue weighted by molar-refractivity contribution is 5.23. The lowest BCUT2D eigenvalue weighted by Crippen LogP contribution is -2.07. The molecule has 0 saturated heterocycles. The topological polar surface area (TPSA) is 46.0 Å². The molecule has 1 atom stereocenters. The van der Waals surface area contributed by atoms with Crippen LogP contribution in [-0.4, -0.2) is 15.3 Å². The van der Waals surface area contributed by atoms with E-state index in [1.165, 1.54) is 0 Å². The number of aliphatic hydroxyl groups is 1. The van der Waals surface area contributed by atoms with Gasteiger partial charge in [-0.3, -0.25) is 0 Å². The van der Waals surface area contributed by atoms with Crippen molar-refractivity contribution in [3.8, 4) is 0 Å². The summed E-state index contributed by atoms with van der Waals surface area (Å²) in [5.74, 6) is 0.621. The molecule has 1 unspecified atom stereocenters. The van der Waals surface area contributed by atoms with Crippen LogP contribution in [-0.2, 0) is 6.42 Å². The van der Waals surface area contributed by atoms with Gasteiger partial charge in [0.1, 0.15) is 0 Å². The first-order valence-corrected chi connectivity index (χ1v) is 6.05. The predicted octanol–water partition coefficient (Wildman–Crippen LogP) is 2.82. The Labute approximate surface area is 97.9 Å². The van der Waals surface area contributed by atoms with Crippen LogP contribution in [0.15, 0.2) is 6.07 Å². The molecule has 1 rings (SSSR count). The number of aryl methyl sites for hydroxylation is 2. The number of hydrogen-bond acceptors (Lipinski definition) is 3. The zero-order valence-corrected chi connectivity index (χ0v) is 10.7. The maximum atomic E-state index is 10.1. The summed E-state index contributed by atoms with van der Waals surface area (Å²) in [4.78, 5) is 0. The van der Waals surface area contributed by atoms with Crippen LogP contribution >= 0.6 is 0 Å². The summed E-state index contributed by atoms with van der Waals surface area (Å²) in [6.45, 7) is 8.29. The molecule has 3 heteroatoms. The fraction of sp³-hybridized carbons (Fsp3) is 0.692. The molecule has 0 aliphatic heterocycles. The zero-order valence-electron chi connectivity index (χ0n) is 10.7. The van der Waals surface area contributed by atoms with Crippen molar-refractivity contribution in [2.45, 2.75) is 53.1 Å². The van der Waals surface area contributed by atoms with Crippen LogP contribution in [0.1, 0.15) is 56.7 Å². The minimum atomic E-state index is -0.397. The van der Waals surface area contributed by atoms with Crippen molar-refractivity contribution in [3.05, 3.63) is 23.0 Å². The van der Waals surface area contributed by atoms with Crippen molar-refractivity contribution in [2.24, 2.45) is 5.92 Å². The van der Waals surface area contributed by atoms with Crippen LogP contribution in [0, 0.1) is 12.8 Å². The Morgan fingerprint density at radius 2 is 1.94 bits per heavy atom. The lowest BCUT2D eigenvalue weighted by Gasteiger charge is -2.15. The van der Waals surface area contributed by atoms with E-state index in [-0.39, 0.29) is 0 Å². The van der Waals surface area contributed by atoms with Crippen molar-refractivity contribution in [2.75, 3.05) is 0 Å². The van der Waals surface area contributed by atoms with E-state index >= 15 is 0 Å². The van der Waals surface area contributed by atoms with E-state index in [2.05, 4.69) is 24.0 Å². The van der Waals surface area contributed by atoms with E-state index in [0.717, 1.165) is 36.2 Å². The molecule has 1 heterocycles. The summed E-state index contributed by atoms with van der Waals surface area (Å²) >= 11 is 0. The largest absolute Gasteiger partial charge is 0.388 e. The maximum absolute atomic E-state index is 10.1. The van der Waals surface area contributed by atoms with Gasteiger partial charge in [-0.2, -0.15) is 10.2 Å². The van der Waals surface area contributed by atoms with Gasteiger partial charge in [0.15, 0.2) is 0 Å². The van der Waals surface area contributed by atoms with E-state index < -0.39 is 6.10 Å². The van der Waals surface area contributed by atoms with Gasteiger partial charge in [0.25, 0.3) is 0 Å². The first-order valence-electron chi connectivity index (χ1n) is 6.05. The monoisotopic (exact) mass is 222 g/mol. The molecule has 0 aliphatic carbocycles. The van der Waals surface area contributed by atoms with Gasteiger partial charge < -0.3 is 5.11 Å². The SMILES string of the molecule is CCc1nnc(C)cc1C(O)CCC(C)C. The van der Waals surface area contributed by atoms with Gasteiger partial charge in [-0.05, 0) is 38.2 Å². The van der Waals surface area contributed by atoms with Gasteiger partial charge in [0, 0.05) is 5.56 Å². The molecule has 1 N–H and O–H groups in total. The van der Waals surface area contributed by atoms with Gasteiger partial charge >= 0.3 is 0 Å². The van der Waals surface area contributed by atoms with E-state index in [1.54, 1.807) is 0 Å². The molecule has 0 fully saturated rings. The number of hydrogen-bond donors (Lipinski definition) is 1. The molecule has 1 aromatic rings. The second kappa shape index (κ2) is 5.94. The Balaban J connectivity index is 2.80. The van der Waals surface area contributed by atoms with Crippen LogP contribution in [0.25, 0.3) is 0 Å². The third kappa shape index (κ3) is 3.56. The third-order valence-electron chi connectivity index (χ3n) is 2.74. The molecular formula is C13H22N2O. The van der Waals surface area contributed by atoms with Crippen LogP contribution < -0.4 is 0 Å². The number of nitrogens with zero attached hydrogens (tertiary/aromatic N) is 2. The van der Waals surface area contributed by atoms with Crippen molar-refractivity contribution in [1.82, 2.24) is 10.2 Å². The summed E-state index contributed by atoms with van der Waals surface area (Å²) in [6, 6.07) is 1.96. The van der Waals surface area contributed by atoms with Crippen LogP contribution in [0.5, 0.6) is 0 Å². The first kappa shape index (κ1) is 13.1. The van der Waals surface area contributed by atoms with Gasteiger partial charge in [-0.15, -0.1) is 0 Å². The van der Waals surface area contributed by atoms with Crippen molar-refractivity contribution in [1.29, 1.82) is 0 Å². The van der Waals surface area contributed by atoms with Gasteiger partial charge in [-0.25, -0.2) is 0 Å². The standard InChI is InChI=1S/C13H22N2O/c1-5-12-11(8-10(4)14-15-12)13(16)7-6-9(2)3/h8-9,13,16H,5-7H2,1-4H3. The quantitative estimate of drug-likeness (QED) is 0.833. The number of aromatic nitrogens is 2. The second-order valence-electron chi connectivity index (χ2n) is 4.73. The Kier molecular flexibility index (Phi) is 4.87. The molecule has 90 valence electrons. The fourth-order valence-corrected chi connectivity index (χ4v) is 1.74. The van der Waals surface area contributed by atoms with Gasteiger partial charge in [-0.1, -0.05) is 20.8 Å². The fourth-order valence-electron chi connectivity index (χ4n) is 1.74. The zero-order chi connectivity index (χ0) is 12.1. The highest BCUT2D eigenvalue weighted by atomic mass is 16.3. The normalized spacial score (nSPS) is 13.1. The Hall–Kier alpha value is -0.960. The van der Waals surface area contributed by atoms with E-state index in [9.17, 15) is 5.11 Å². The lowest BCUT2D eigenvalue weighted by atomic mass is 9.98. The highest BCUT2D eigenvalue weighted by Crippen LogP contribution is 2.23. The third-order valence-corrected chi connectivity index (χ3v) is 2.74. The van der Waals surface area contributed by atoms with E-state index in [0.29, 0.717) is 5.92 Å². The van der Waals surface area contributed by atoms with Crippen molar-refractivity contribution < 1.29 is 5.11 Å². The first-order chi connectivity index (χ1) is 7.54. The van der Waals surface area contributed by atoms with Crippen LogP contribution in [0.3, 0.4) is 0 Å². The molecule has 0 saturated carbocycles. The van der Waals surface area contributed by atoms with E-state index in [1.807, 2.05) is 19.9 Å². The Morgan fingerprint density at radius 3 is 2.50 bits per heavy atom. The van der Waals surface area contributed by atoms with Crippen molar-refractivity contribution >= 4 is 0 Å². The van der Waals surface area contributed by atoms with E-state index in [4.69, 9.17) is 0 Å². The maximum Gasteiger partial charge on any atom is 0.0809 e. The molecule has 16 heavy (non-hydrogen) atoms. The molecule has 0 amide bonds. The summed E-state index contributed by atoms with van der Waals surface area (Å²) in [6.07, 6.45) is 2.26. The number of rotatable bonds is 5. The predicted molar refractivity (Wildman–Crippen MR) is 65.2 cm³/mol. The summed E-state index contributed by atoms with van der Waals surface area (Å²) in [5, 5.41) is 18.3. The summed E-state index contributed by atoms with van der Waals surface area (Å²) in [7, 11) is 0. The average Bonchev–Trinajstić information content (AvgIpc) is 2.25.